The van der Waals surface area contributed by atoms with E-state index in [9.17, 15) is 9.59 Å². The van der Waals surface area contributed by atoms with E-state index in [4.69, 9.17) is 4.74 Å². The van der Waals surface area contributed by atoms with Crippen LogP contribution in [0.25, 0.3) is 0 Å². The van der Waals surface area contributed by atoms with Gasteiger partial charge in [0.15, 0.2) is 5.78 Å². The quantitative estimate of drug-likeness (QED) is 0.364. The molecule has 2 aromatic rings. The highest BCUT2D eigenvalue weighted by Crippen LogP contribution is 2.09. The molecule has 0 aliphatic carbocycles. The molecule has 0 unspecified atom stereocenters. The summed E-state index contributed by atoms with van der Waals surface area (Å²) >= 11 is 0. The van der Waals surface area contributed by atoms with Crippen LogP contribution in [0.5, 0.6) is 0 Å². The van der Waals surface area contributed by atoms with Crippen LogP contribution in [0.15, 0.2) is 60.7 Å². The smallest absolute Gasteiger partial charge is 0.305 e. The lowest BCUT2D eigenvalue weighted by atomic mass is 10.0. The zero-order valence-electron chi connectivity index (χ0n) is 13.9. The van der Waals surface area contributed by atoms with E-state index in [-0.39, 0.29) is 11.8 Å². The van der Waals surface area contributed by atoms with Crippen LogP contribution in [0, 0.1) is 0 Å². The van der Waals surface area contributed by atoms with Crippen molar-refractivity contribution in [2.24, 2.45) is 0 Å². The predicted octanol–water partition coefficient (Wildman–Crippen LogP) is 4.61. The van der Waals surface area contributed by atoms with E-state index >= 15 is 0 Å². The van der Waals surface area contributed by atoms with Gasteiger partial charge < -0.3 is 4.74 Å². The molecule has 0 saturated carbocycles. The summed E-state index contributed by atoms with van der Waals surface area (Å²) < 4.78 is 5.24. The van der Waals surface area contributed by atoms with Gasteiger partial charge in [-0.05, 0) is 18.4 Å². The Hall–Kier alpha value is -2.42. The van der Waals surface area contributed by atoms with E-state index in [2.05, 4.69) is 0 Å². The summed E-state index contributed by atoms with van der Waals surface area (Å²) in [6, 6.07) is 19.3. The molecule has 126 valence electrons. The molecular formula is C21H24O3. The highest BCUT2D eigenvalue weighted by molar-refractivity contribution is 5.95. The van der Waals surface area contributed by atoms with Crippen molar-refractivity contribution < 1.29 is 14.3 Å². The fraction of sp³-hybridized carbons (Fsp3) is 0.333. The summed E-state index contributed by atoms with van der Waals surface area (Å²) in [6.07, 6.45) is 4.16. The maximum absolute atomic E-state index is 11.9. The van der Waals surface area contributed by atoms with Crippen molar-refractivity contribution in [3.05, 3.63) is 71.8 Å². The molecular weight excluding hydrogens is 300 g/mol. The van der Waals surface area contributed by atoms with Gasteiger partial charge >= 0.3 is 5.97 Å². The lowest BCUT2D eigenvalue weighted by Gasteiger charge is -2.05. The number of hydrogen-bond donors (Lipinski definition) is 0. The third-order valence-electron chi connectivity index (χ3n) is 3.88. The molecule has 3 nitrogen and oxygen atoms in total. The summed E-state index contributed by atoms with van der Waals surface area (Å²) in [5.74, 6) is 0.0151. The molecule has 0 aromatic heterocycles. The van der Waals surface area contributed by atoms with Crippen LogP contribution in [0.4, 0.5) is 0 Å². The number of carbonyl (C=O) groups excluding carboxylic acids is 2. The molecule has 0 bridgehead atoms. The summed E-state index contributed by atoms with van der Waals surface area (Å²) in [5, 5.41) is 0. The summed E-state index contributed by atoms with van der Waals surface area (Å²) in [4.78, 5) is 23.6. The Balaban J connectivity index is 1.51. The van der Waals surface area contributed by atoms with Crippen LogP contribution in [0.3, 0.4) is 0 Å². The Morgan fingerprint density at radius 2 is 1.38 bits per heavy atom. The van der Waals surface area contributed by atoms with Gasteiger partial charge in [0.25, 0.3) is 0 Å². The number of hydrogen-bond acceptors (Lipinski definition) is 3. The van der Waals surface area contributed by atoms with Crippen LogP contribution >= 0.6 is 0 Å². The third-order valence-corrected chi connectivity index (χ3v) is 3.88. The largest absolute Gasteiger partial charge is 0.465 e. The highest BCUT2D eigenvalue weighted by Gasteiger charge is 2.06. The van der Waals surface area contributed by atoms with Gasteiger partial charge in [-0.25, -0.2) is 0 Å². The molecule has 0 radical (unpaired) electrons. The second-order valence-corrected chi connectivity index (χ2v) is 5.81. The molecule has 0 heterocycles. The average Bonchev–Trinajstić information content (AvgIpc) is 2.63. The van der Waals surface area contributed by atoms with Crippen molar-refractivity contribution in [1.82, 2.24) is 0 Å². The Morgan fingerprint density at radius 1 is 0.750 bits per heavy atom. The van der Waals surface area contributed by atoms with Crippen LogP contribution in [0.1, 0.15) is 48.0 Å². The van der Waals surface area contributed by atoms with Crippen molar-refractivity contribution >= 4 is 11.8 Å². The van der Waals surface area contributed by atoms with Gasteiger partial charge in [-0.1, -0.05) is 67.1 Å². The van der Waals surface area contributed by atoms with Crippen LogP contribution < -0.4 is 0 Å². The van der Waals surface area contributed by atoms with Gasteiger partial charge in [0.1, 0.15) is 0 Å². The van der Waals surface area contributed by atoms with E-state index in [1.807, 2.05) is 60.7 Å². The van der Waals surface area contributed by atoms with Gasteiger partial charge in [-0.15, -0.1) is 0 Å². The van der Waals surface area contributed by atoms with Crippen molar-refractivity contribution in [3.63, 3.8) is 0 Å². The van der Waals surface area contributed by atoms with E-state index in [1.54, 1.807) is 0 Å². The number of rotatable bonds is 10. The number of ether oxygens (including phenoxy) is 1. The standard InChI is InChI=1S/C21H24O3/c22-20(19-12-6-2-7-13-19)14-8-3-9-15-21(23)24-17-16-18-10-4-1-5-11-18/h1-2,4-7,10-13H,3,8-9,14-17H2. The van der Waals surface area contributed by atoms with Gasteiger partial charge in [-0.2, -0.15) is 0 Å². The Labute approximate surface area is 143 Å². The molecule has 2 rings (SSSR count). The lowest BCUT2D eigenvalue weighted by molar-refractivity contribution is -0.143. The summed E-state index contributed by atoms with van der Waals surface area (Å²) in [5.41, 5.74) is 1.93. The molecule has 3 heteroatoms. The average molecular weight is 324 g/mol. The SMILES string of the molecule is O=C(CCCCCC(=O)c1ccccc1)OCCc1ccccc1. The highest BCUT2D eigenvalue weighted by atomic mass is 16.5. The minimum atomic E-state index is -0.152. The molecule has 0 aliphatic rings. The molecule has 0 saturated heterocycles. The number of ketones is 1. The van der Waals surface area contributed by atoms with Crippen molar-refractivity contribution in [3.8, 4) is 0 Å². The molecule has 24 heavy (non-hydrogen) atoms. The van der Waals surface area contributed by atoms with Crippen LogP contribution in [0.2, 0.25) is 0 Å². The van der Waals surface area contributed by atoms with Gasteiger partial charge in [0.05, 0.1) is 6.61 Å². The fourth-order valence-corrected chi connectivity index (χ4v) is 2.50. The topological polar surface area (TPSA) is 43.4 Å². The molecule has 0 fully saturated rings. The van der Waals surface area contributed by atoms with E-state index in [0.29, 0.717) is 19.4 Å². The minimum absolute atomic E-state index is 0.152. The number of unbranched alkanes of at least 4 members (excludes halogenated alkanes) is 2. The monoisotopic (exact) mass is 324 g/mol. The van der Waals surface area contributed by atoms with E-state index in [0.717, 1.165) is 31.2 Å². The summed E-state index contributed by atoms with van der Waals surface area (Å²) in [7, 11) is 0. The van der Waals surface area contributed by atoms with Crippen molar-refractivity contribution in [2.45, 2.75) is 38.5 Å². The van der Waals surface area contributed by atoms with Crippen LogP contribution in [-0.2, 0) is 16.0 Å². The number of Topliss-reactive ketones (excluding diaryl/α,β-unsaturated/α-hetero) is 1. The van der Waals surface area contributed by atoms with Gasteiger partial charge in [-0.3, -0.25) is 9.59 Å². The molecule has 0 aliphatic heterocycles. The maximum Gasteiger partial charge on any atom is 0.305 e. The minimum Gasteiger partial charge on any atom is -0.465 e. The normalized spacial score (nSPS) is 10.3. The molecule has 0 N–H and O–H groups in total. The van der Waals surface area contributed by atoms with Gasteiger partial charge in [0, 0.05) is 24.8 Å². The molecule has 0 spiro atoms. The number of carbonyl (C=O) groups is 2. The van der Waals surface area contributed by atoms with E-state index in [1.165, 1.54) is 5.56 Å². The zero-order chi connectivity index (χ0) is 17.0. The third kappa shape index (κ3) is 6.78. The van der Waals surface area contributed by atoms with Crippen LogP contribution in [-0.4, -0.2) is 18.4 Å². The Kier molecular flexibility index (Phi) is 7.75. The summed E-state index contributed by atoms with van der Waals surface area (Å²) in [6.45, 7) is 0.426. The van der Waals surface area contributed by atoms with Crippen molar-refractivity contribution in [1.29, 1.82) is 0 Å². The second-order valence-electron chi connectivity index (χ2n) is 5.81. The zero-order valence-corrected chi connectivity index (χ0v) is 13.9. The second kappa shape index (κ2) is 10.4. The lowest BCUT2D eigenvalue weighted by Crippen LogP contribution is -2.07. The molecule has 0 amide bonds. The first-order chi connectivity index (χ1) is 11.8. The first-order valence-corrected chi connectivity index (χ1v) is 8.53. The fourth-order valence-electron chi connectivity index (χ4n) is 2.50. The first kappa shape index (κ1) is 17.9. The maximum atomic E-state index is 11.9. The predicted molar refractivity (Wildman–Crippen MR) is 95.0 cm³/mol. The van der Waals surface area contributed by atoms with Gasteiger partial charge in [0.2, 0.25) is 0 Å². The molecule has 2 aromatic carbocycles. The van der Waals surface area contributed by atoms with Crippen molar-refractivity contribution in [2.75, 3.05) is 6.61 Å². The Bertz CT molecular complexity index is 620. The first-order valence-electron chi connectivity index (χ1n) is 8.53. The number of esters is 1. The number of benzene rings is 2. The molecule has 0 atom stereocenters. The van der Waals surface area contributed by atoms with E-state index < -0.39 is 0 Å². The Morgan fingerprint density at radius 3 is 2.08 bits per heavy atom.